The van der Waals surface area contributed by atoms with Crippen molar-refractivity contribution >= 4 is 0 Å². The Bertz CT molecular complexity index is 606. The Morgan fingerprint density at radius 2 is 2.00 bits per heavy atom. The maximum absolute atomic E-state index is 12.9. The van der Waals surface area contributed by atoms with E-state index in [0.717, 1.165) is 37.4 Å². The molecule has 0 spiro atoms. The molecular weight excluding hydrogens is 285 g/mol. The SMILES string of the molecule is Cc1noc(C2CCN(CC(O)c3ccc(F)cc3)CC2)n1. The molecule has 1 fully saturated rings. The summed E-state index contributed by atoms with van der Waals surface area (Å²) in [7, 11) is 0. The molecule has 1 unspecified atom stereocenters. The third-order valence-electron chi connectivity index (χ3n) is 4.17. The Kier molecular flexibility index (Phi) is 4.49. The van der Waals surface area contributed by atoms with Crippen LogP contribution in [0, 0.1) is 12.7 Å². The van der Waals surface area contributed by atoms with Gasteiger partial charge in [-0.15, -0.1) is 0 Å². The number of halogens is 1. The van der Waals surface area contributed by atoms with E-state index in [1.165, 1.54) is 12.1 Å². The maximum Gasteiger partial charge on any atom is 0.229 e. The minimum atomic E-state index is -0.595. The van der Waals surface area contributed by atoms with Crippen molar-refractivity contribution in [1.29, 1.82) is 0 Å². The number of hydrogen-bond donors (Lipinski definition) is 1. The summed E-state index contributed by atoms with van der Waals surface area (Å²) in [5, 5.41) is 14.1. The van der Waals surface area contributed by atoms with Crippen LogP contribution in [-0.2, 0) is 0 Å². The second-order valence-corrected chi connectivity index (χ2v) is 5.82. The Morgan fingerprint density at radius 1 is 1.32 bits per heavy atom. The van der Waals surface area contributed by atoms with E-state index in [-0.39, 0.29) is 5.82 Å². The molecule has 0 saturated carbocycles. The first-order valence-corrected chi connectivity index (χ1v) is 7.58. The van der Waals surface area contributed by atoms with Crippen LogP contribution in [0.3, 0.4) is 0 Å². The molecule has 0 aliphatic carbocycles. The lowest BCUT2D eigenvalue weighted by Gasteiger charge is -2.31. The summed E-state index contributed by atoms with van der Waals surface area (Å²) in [6.45, 7) is 4.14. The molecule has 1 saturated heterocycles. The normalized spacial score (nSPS) is 18.5. The number of benzene rings is 1. The zero-order valence-electron chi connectivity index (χ0n) is 12.6. The first-order valence-electron chi connectivity index (χ1n) is 7.58. The van der Waals surface area contributed by atoms with Gasteiger partial charge in [0.15, 0.2) is 5.82 Å². The van der Waals surface area contributed by atoms with Gasteiger partial charge in [-0.05, 0) is 50.6 Å². The van der Waals surface area contributed by atoms with Crippen molar-refractivity contribution in [3.8, 4) is 0 Å². The second kappa shape index (κ2) is 6.54. The molecule has 1 aliphatic heterocycles. The van der Waals surface area contributed by atoms with Crippen molar-refractivity contribution in [2.24, 2.45) is 0 Å². The highest BCUT2D eigenvalue weighted by molar-refractivity contribution is 5.18. The van der Waals surface area contributed by atoms with Crippen molar-refractivity contribution in [3.63, 3.8) is 0 Å². The minimum absolute atomic E-state index is 0.286. The minimum Gasteiger partial charge on any atom is -0.387 e. The summed E-state index contributed by atoms with van der Waals surface area (Å²) in [6.07, 6.45) is 1.29. The molecule has 22 heavy (non-hydrogen) atoms. The van der Waals surface area contributed by atoms with Gasteiger partial charge in [0, 0.05) is 12.5 Å². The molecule has 0 amide bonds. The summed E-state index contributed by atoms with van der Waals surface area (Å²) in [4.78, 5) is 6.51. The quantitative estimate of drug-likeness (QED) is 0.940. The number of likely N-dealkylation sites (tertiary alicyclic amines) is 1. The number of rotatable bonds is 4. The summed E-state index contributed by atoms with van der Waals surface area (Å²) in [6, 6.07) is 6.02. The van der Waals surface area contributed by atoms with Crippen LogP contribution < -0.4 is 0 Å². The number of hydrogen-bond acceptors (Lipinski definition) is 5. The fourth-order valence-corrected chi connectivity index (χ4v) is 2.88. The molecule has 2 aromatic rings. The van der Waals surface area contributed by atoms with E-state index in [4.69, 9.17) is 4.52 Å². The van der Waals surface area contributed by atoms with Gasteiger partial charge in [-0.2, -0.15) is 4.98 Å². The Morgan fingerprint density at radius 3 is 2.59 bits per heavy atom. The highest BCUT2D eigenvalue weighted by atomic mass is 19.1. The molecule has 1 aromatic carbocycles. The molecule has 5 nitrogen and oxygen atoms in total. The van der Waals surface area contributed by atoms with Crippen molar-refractivity contribution in [3.05, 3.63) is 47.4 Å². The monoisotopic (exact) mass is 305 g/mol. The fourth-order valence-electron chi connectivity index (χ4n) is 2.88. The summed E-state index contributed by atoms with van der Waals surface area (Å²) in [5.74, 6) is 1.41. The number of aliphatic hydroxyl groups is 1. The second-order valence-electron chi connectivity index (χ2n) is 5.82. The number of aliphatic hydroxyl groups excluding tert-OH is 1. The molecule has 3 rings (SSSR count). The number of β-amino-alcohol motifs (C(OH)–C–C–N with tert-alkyl or cyclic N) is 1. The van der Waals surface area contributed by atoms with Crippen molar-refractivity contribution < 1.29 is 14.0 Å². The summed E-state index contributed by atoms with van der Waals surface area (Å²) >= 11 is 0. The van der Waals surface area contributed by atoms with Crippen molar-refractivity contribution in [1.82, 2.24) is 15.0 Å². The number of piperidine rings is 1. The standard InChI is InChI=1S/C16H20FN3O2/c1-11-18-16(22-19-11)13-6-8-20(9-7-13)10-15(21)12-2-4-14(17)5-3-12/h2-5,13,15,21H,6-10H2,1H3. The van der Waals surface area contributed by atoms with Crippen LogP contribution in [0.2, 0.25) is 0 Å². The molecule has 0 radical (unpaired) electrons. The third kappa shape index (κ3) is 3.51. The van der Waals surface area contributed by atoms with Crippen LogP contribution in [0.15, 0.2) is 28.8 Å². The third-order valence-corrected chi connectivity index (χ3v) is 4.17. The van der Waals surface area contributed by atoms with Crippen molar-refractivity contribution in [2.75, 3.05) is 19.6 Å². The van der Waals surface area contributed by atoms with Gasteiger partial charge in [0.05, 0.1) is 6.10 Å². The molecule has 1 aliphatic rings. The van der Waals surface area contributed by atoms with Gasteiger partial charge in [-0.3, -0.25) is 0 Å². The van der Waals surface area contributed by atoms with Crippen LogP contribution in [0.25, 0.3) is 0 Å². The van der Waals surface area contributed by atoms with Crippen LogP contribution in [0.1, 0.15) is 42.1 Å². The lowest BCUT2D eigenvalue weighted by molar-refractivity contribution is 0.0941. The van der Waals surface area contributed by atoms with E-state index in [9.17, 15) is 9.50 Å². The molecule has 0 bridgehead atoms. The van der Waals surface area contributed by atoms with Crippen molar-refractivity contribution in [2.45, 2.75) is 31.8 Å². The summed E-state index contributed by atoms with van der Waals surface area (Å²) in [5.41, 5.74) is 0.746. The lowest BCUT2D eigenvalue weighted by atomic mass is 9.96. The van der Waals surface area contributed by atoms with Crippen LogP contribution in [-0.4, -0.2) is 39.8 Å². The predicted molar refractivity (Wildman–Crippen MR) is 78.8 cm³/mol. The van der Waals surface area contributed by atoms with E-state index in [2.05, 4.69) is 15.0 Å². The van der Waals surface area contributed by atoms with E-state index in [0.29, 0.717) is 18.3 Å². The topological polar surface area (TPSA) is 62.4 Å². The predicted octanol–water partition coefficient (Wildman–Crippen LogP) is 2.43. The average molecular weight is 305 g/mol. The fraction of sp³-hybridized carbons (Fsp3) is 0.500. The lowest BCUT2D eigenvalue weighted by Crippen LogP contribution is -2.36. The van der Waals surface area contributed by atoms with E-state index in [1.807, 2.05) is 6.92 Å². The van der Waals surface area contributed by atoms with Gasteiger partial charge in [-0.1, -0.05) is 17.3 Å². The van der Waals surface area contributed by atoms with E-state index in [1.54, 1.807) is 12.1 Å². The first-order chi connectivity index (χ1) is 10.6. The highest BCUT2D eigenvalue weighted by Gasteiger charge is 2.26. The smallest absolute Gasteiger partial charge is 0.229 e. The number of aromatic nitrogens is 2. The Balaban J connectivity index is 1.52. The number of nitrogens with zero attached hydrogens (tertiary/aromatic N) is 3. The van der Waals surface area contributed by atoms with Crippen LogP contribution in [0.4, 0.5) is 4.39 Å². The van der Waals surface area contributed by atoms with Crippen LogP contribution in [0.5, 0.6) is 0 Å². The molecule has 118 valence electrons. The average Bonchev–Trinajstić information content (AvgIpc) is 2.95. The van der Waals surface area contributed by atoms with Gasteiger partial charge in [0.2, 0.25) is 5.89 Å². The maximum atomic E-state index is 12.9. The zero-order chi connectivity index (χ0) is 15.5. The molecule has 1 atom stereocenters. The molecular formula is C16H20FN3O2. The Labute approximate surface area is 128 Å². The Hall–Kier alpha value is -1.79. The zero-order valence-corrected chi connectivity index (χ0v) is 12.6. The van der Waals surface area contributed by atoms with Gasteiger partial charge in [0.25, 0.3) is 0 Å². The highest BCUT2D eigenvalue weighted by Crippen LogP contribution is 2.27. The van der Waals surface area contributed by atoms with Gasteiger partial charge in [-0.25, -0.2) is 4.39 Å². The van der Waals surface area contributed by atoms with Crippen LogP contribution >= 0.6 is 0 Å². The molecule has 1 aromatic heterocycles. The van der Waals surface area contributed by atoms with Gasteiger partial charge >= 0.3 is 0 Å². The molecule has 1 N–H and O–H groups in total. The number of aryl methyl sites for hydroxylation is 1. The van der Waals surface area contributed by atoms with E-state index < -0.39 is 6.10 Å². The summed E-state index contributed by atoms with van der Waals surface area (Å²) < 4.78 is 18.1. The first kappa shape index (κ1) is 15.1. The molecule has 2 heterocycles. The van der Waals surface area contributed by atoms with E-state index >= 15 is 0 Å². The largest absolute Gasteiger partial charge is 0.387 e. The molecule has 6 heteroatoms. The van der Waals surface area contributed by atoms with Gasteiger partial charge in [0.1, 0.15) is 5.82 Å². The van der Waals surface area contributed by atoms with Gasteiger partial charge < -0.3 is 14.5 Å².